The third-order valence-corrected chi connectivity index (χ3v) is 5.91. The number of piperidine rings is 1. The molecule has 0 radical (unpaired) electrons. The third kappa shape index (κ3) is 4.46. The maximum atomic E-state index is 12.9. The molecule has 1 aromatic carbocycles. The summed E-state index contributed by atoms with van der Waals surface area (Å²) in [5, 5.41) is 8.06. The van der Waals surface area contributed by atoms with Crippen molar-refractivity contribution >= 4 is 22.8 Å². The molecule has 4 rings (SSSR count). The van der Waals surface area contributed by atoms with E-state index in [-0.39, 0.29) is 11.8 Å². The summed E-state index contributed by atoms with van der Waals surface area (Å²) in [7, 11) is 3.23. The van der Waals surface area contributed by atoms with E-state index in [4.69, 9.17) is 14.0 Å². The average Bonchev–Trinajstić information content (AvgIpc) is 3.27. The van der Waals surface area contributed by atoms with Gasteiger partial charge in [0.15, 0.2) is 11.5 Å². The lowest BCUT2D eigenvalue weighted by atomic mass is 9.96. The van der Waals surface area contributed by atoms with Gasteiger partial charge in [-0.2, -0.15) is 4.98 Å². The molecule has 3 heterocycles. The van der Waals surface area contributed by atoms with Crippen molar-refractivity contribution in [1.29, 1.82) is 0 Å². The minimum atomic E-state index is -0.0934. The molecule has 170 valence electrons. The fourth-order valence-corrected chi connectivity index (χ4v) is 4.20. The maximum Gasteiger partial charge on any atom is 0.263 e. The summed E-state index contributed by atoms with van der Waals surface area (Å²) in [6, 6.07) is 5.81. The van der Waals surface area contributed by atoms with Crippen LogP contribution in [0.1, 0.15) is 31.0 Å². The fraction of sp³-hybridized carbons (Fsp3) is 0.478. The summed E-state index contributed by atoms with van der Waals surface area (Å²) in [4.78, 5) is 23.7. The number of carbonyl (C=O) groups excluding carboxylic acids is 1. The van der Waals surface area contributed by atoms with Crippen molar-refractivity contribution < 1.29 is 18.8 Å². The molecule has 1 fully saturated rings. The van der Waals surface area contributed by atoms with Crippen LogP contribution in [0.4, 0.5) is 5.82 Å². The van der Waals surface area contributed by atoms with E-state index < -0.39 is 0 Å². The van der Waals surface area contributed by atoms with Crippen molar-refractivity contribution in [3.63, 3.8) is 0 Å². The van der Waals surface area contributed by atoms with Gasteiger partial charge in [-0.1, -0.05) is 18.1 Å². The number of methoxy groups -OCH3 is 2. The molecule has 1 aliphatic rings. The lowest BCUT2D eigenvalue weighted by Crippen LogP contribution is -2.44. The third-order valence-electron chi connectivity index (χ3n) is 5.91. The number of carbonyl (C=O) groups is 1. The summed E-state index contributed by atoms with van der Waals surface area (Å²) in [6.45, 7) is 4.05. The number of nitrogens with zero attached hydrogens (tertiary/aromatic N) is 4. The van der Waals surface area contributed by atoms with E-state index in [1.807, 2.05) is 25.1 Å². The second-order valence-corrected chi connectivity index (χ2v) is 7.88. The molecule has 0 aliphatic carbocycles. The molecule has 0 unspecified atom stereocenters. The summed E-state index contributed by atoms with van der Waals surface area (Å²) in [6.07, 6.45) is 4.73. The highest BCUT2D eigenvalue weighted by Gasteiger charge is 2.28. The number of fused-ring (bicyclic) bond motifs is 1. The van der Waals surface area contributed by atoms with Crippen LogP contribution in [-0.4, -0.2) is 54.9 Å². The molecular formula is C23H29N5O4. The van der Waals surface area contributed by atoms with Gasteiger partial charge in [-0.25, -0.2) is 4.98 Å². The van der Waals surface area contributed by atoms with Crippen LogP contribution < -0.4 is 19.7 Å². The molecule has 9 heteroatoms. The first-order chi connectivity index (χ1) is 15.6. The van der Waals surface area contributed by atoms with Crippen LogP contribution >= 0.6 is 0 Å². The Labute approximate surface area is 187 Å². The van der Waals surface area contributed by atoms with Crippen molar-refractivity contribution in [1.82, 2.24) is 20.4 Å². The van der Waals surface area contributed by atoms with E-state index in [2.05, 4.69) is 25.3 Å². The van der Waals surface area contributed by atoms with Gasteiger partial charge in [-0.05, 0) is 43.4 Å². The Morgan fingerprint density at radius 2 is 2.09 bits per heavy atom. The first-order valence-corrected chi connectivity index (χ1v) is 11.0. The Morgan fingerprint density at radius 3 is 2.88 bits per heavy atom. The van der Waals surface area contributed by atoms with Crippen LogP contribution in [0.5, 0.6) is 11.5 Å². The van der Waals surface area contributed by atoms with E-state index in [0.29, 0.717) is 30.3 Å². The highest BCUT2D eigenvalue weighted by Crippen LogP contribution is 2.30. The van der Waals surface area contributed by atoms with E-state index in [1.165, 1.54) is 6.33 Å². The Kier molecular flexibility index (Phi) is 6.72. The molecular weight excluding hydrogens is 410 g/mol. The van der Waals surface area contributed by atoms with Gasteiger partial charge in [0.2, 0.25) is 5.91 Å². The predicted molar refractivity (Wildman–Crippen MR) is 120 cm³/mol. The van der Waals surface area contributed by atoms with Crippen molar-refractivity contribution in [2.45, 2.75) is 32.6 Å². The monoisotopic (exact) mass is 439 g/mol. The van der Waals surface area contributed by atoms with Crippen LogP contribution in [0, 0.1) is 5.92 Å². The van der Waals surface area contributed by atoms with E-state index in [9.17, 15) is 4.79 Å². The molecule has 9 nitrogen and oxygen atoms in total. The average molecular weight is 440 g/mol. The van der Waals surface area contributed by atoms with Crippen molar-refractivity contribution in [2.24, 2.45) is 5.92 Å². The van der Waals surface area contributed by atoms with Crippen molar-refractivity contribution in [2.75, 3.05) is 38.8 Å². The topological polar surface area (TPSA) is 103 Å². The Hall–Kier alpha value is -3.36. The van der Waals surface area contributed by atoms with Gasteiger partial charge >= 0.3 is 0 Å². The van der Waals surface area contributed by atoms with E-state index in [1.54, 1.807) is 14.2 Å². The lowest BCUT2D eigenvalue weighted by molar-refractivity contribution is -0.125. The zero-order valence-electron chi connectivity index (χ0n) is 18.8. The Bertz CT molecular complexity index is 1080. The molecule has 1 amide bonds. The summed E-state index contributed by atoms with van der Waals surface area (Å²) in [5.41, 5.74) is 2.42. The number of hydrogen-bond acceptors (Lipinski definition) is 8. The van der Waals surface area contributed by atoms with Gasteiger partial charge < -0.3 is 24.2 Å². The van der Waals surface area contributed by atoms with Gasteiger partial charge in [-0.3, -0.25) is 4.79 Å². The van der Waals surface area contributed by atoms with E-state index in [0.717, 1.165) is 54.7 Å². The number of nitrogens with one attached hydrogen (secondary N) is 1. The molecule has 1 saturated heterocycles. The van der Waals surface area contributed by atoms with Crippen molar-refractivity contribution in [3.8, 4) is 11.5 Å². The minimum absolute atomic E-state index is 0.0708. The van der Waals surface area contributed by atoms with Crippen LogP contribution in [-0.2, 0) is 17.6 Å². The number of hydrogen-bond donors (Lipinski definition) is 1. The van der Waals surface area contributed by atoms with Gasteiger partial charge in [0.1, 0.15) is 17.5 Å². The smallest absolute Gasteiger partial charge is 0.263 e. The molecule has 1 aliphatic heterocycles. The van der Waals surface area contributed by atoms with Gasteiger partial charge in [-0.15, -0.1) is 0 Å². The molecule has 32 heavy (non-hydrogen) atoms. The standard InChI is InChI=1S/C23H29N5O4/c1-4-17-20-21(25-14-26-23(20)32-27-17)28-11-5-6-16(13-28)22(29)24-10-9-15-7-8-18(30-2)19(12-15)31-3/h7-8,12,14,16H,4-6,9-11,13H2,1-3H3,(H,24,29)/t16-/m1/s1. The zero-order chi connectivity index (χ0) is 22.5. The predicted octanol–water partition coefficient (Wildman–Crippen LogP) is 2.77. The molecule has 0 spiro atoms. The summed E-state index contributed by atoms with van der Waals surface area (Å²) >= 11 is 0. The van der Waals surface area contributed by atoms with Crippen LogP contribution in [0.2, 0.25) is 0 Å². The second kappa shape index (κ2) is 9.84. The number of amides is 1. The summed E-state index contributed by atoms with van der Waals surface area (Å²) in [5.74, 6) is 2.16. The van der Waals surface area contributed by atoms with Crippen molar-refractivity contribution in [3.05, 3.63) is 35.8 Å². The lowest BCUT2D eigenvalue weighted by Gasteiger charge is -2.33. The number of benzene rings is 1. The zero-order valence-corrected chi connectivity index (χ0v) is 18.8. The number of ether oxygens (including phenoxy) is 2. The Balaban J connectivity index is 1.38. The number of anilines is 1. The minimum Gasteiger partial charge on any atom is -0.493 e. The number of rotatable bonds is 8. The SMILES string of the molecule is CCc1noc2ncnc(N3CCC[C@@H](C(=O)NCCc4ccc(OC)c(OC)c4)C3)c12. The Morgan fingerprint density at radius 1 is 1.25 bits per heavy atom. The first kappa shape index (κ1) is 21.9. The molecule has 0 bridgehead atoms. The molecule has 1 atom stereocenters. The maximum absolute atomic E-state index is 12.9. The van der Waals surface area contributed by atoms with Gasteiger partial charge in [0.25, 0.3) is 5.71 Å². The highest BCUT2D eigenvalue weighted by molar-refractivity contribution is 5.88. The first-order valence-electron chi connectivity index (χ1n) is 11.0. The number of aryl methyl sites for hydroxylation is 1. The molecule has 0 saturated carbocycles. The normalized spacial score (nSPS) is 16.2. The highest BCUT2D eigenvalue weighted by atomic mass is 16.5. The van der Waals surface area contributed by atoms with Crippen LogP contribution in [0.3, 0.4) is 0 Å². The largest absolute Gasteiger partial charge is 0.493 e. The molecule has 2 aromatic heterocycles. The fourth-order valence-electron chi connectivity index (χ4n) is 4.20. The molecule has 3 aromatic rings. The number of aromatic nitrogens is 3. The van der Waals surface area contributed by atoms with Gasteiger partial charge in [0, 0.05) is 19.6 Å². The van der Waals surface area contributed by atoms with Gasteiger partial charge in [0.05, 0.1) is 25.8 Å². The summed E-state index contributed by atoms with van der Waals surface area (Å²) < 4.78 is 16.0. The van der Waals surface area contributed by atoms with Crippen LogP contribution in [0.25, 0.3) is 11.1 Å². The molecule has 1 N–H and O–H groups in total. The second-order valence-electron chi connectivity index (χ2n) is 7.88. The van der Waals surface area contributed by atoms with E-state index >= 15 is 0 Å². The quantitative estimate of drug-likeness (QED) is 0.572. The van der Waals surface area contributed by atoms with Crippen LogP contribution in [0.15, 0.2) is 29.0 Å².